The van der Waals surface area contributed by atoms with Gasteiger partial charge in [0.25, 0.3) is 5.91 Å². The Morgan fingerprint density at radius 3 is 2.80 bits per heavy atom. The van der Waals surface area contributed by atoms with Crippen LogP contribution in [0.3, 0.4) is 0 Å². The Morgan fingerprint density at radius 2 is 2.15 bits per heavy atom. The molecule has 1 aliphatic carbocycles. The van der Waals surface area contributed by atoms with Crippen LogP contribution in [-0.2, 0) is 17.6 Å². The minimum atomic E-state index is -0.899. The zero-order valence-corrected chi connectivity index (χ0v) is 11.5. The van der Waals surface area contributed by atoms with Gasteiger partial charge in [0.1, 0.15) is 5.82 Å². The predicted octanol–water partition coefficient (Wildman–Crippen LogP) is 1.33. The summed E-state index contributed by atoms with van der Waals surface area (Å²) in [4.78, 5) is 26.7. The van der Waals surface area contributed by atoms with Crippen molar-refractivity contribution in [3.8, 4) is 0 Å². The van der Waals surface area contributed by atoms with Gasteiger partial charge in [0.2, 0.25) is 0 Å². The maximum atomic E-state index is 11.5. The number of nitrogens with two attached hydrogens (primary N) is 1. The third-order valence-electron chi connectivity index (χ3n) is 3.43. The molecule has 0 spiro atoms. The van der Waals surface area contributed by atoms with E-state index in [2.05, 4.69) is 10.3 Å². The number of nitrogens with one attached hydrogen (secondary N) is 1. The maximum Gasteiger partial charge on any atom is 0.305 e. The van der Waals surface area contributed by atoms with Crippen molar-refractivity contribution in [3.05, 3.63) is 22.9 Å². The fourth-order valence-electron chi connectivity index (χ4n) is 2.48. The first kappa shape index (κ1) is 14.3. The van der Waals surface area contributed by atoms with Crippen molar-refractivity contribution >= 4 is 17.7 Å². The summed E-state index contributed by atoms with van der Waals surface area (Å²) in [6.07, 6.45) is 3.93. The standard InChI is InChI=1S/C14H19N3O3/c1-8(6-12(18)19)16-14-10(13(15)20)7-9-4-2-3-5-11(9)17-14/h7-8H,2-6H2,1H3,(H2,15,20)(H,16,17)(H,18,19). The highest BCUT2D eigenvalue weighted by Gasteiger charge is 2.19. The highest BCUT2D eigenvalue weighted by Crippen LogP contribution is 2.25. The molecule has 1 atom stereocenters. The third-order valence-corrected chi connectivity index (χ3v) is 3.43. The second-order valence-electron chi connectivity index (χ2n) is 5.20. The Morgan fingerprint density at radius 1 is 1.45 bits per heavy atom. The first-order chi connectivity index (χ1) is 9.47. The van der Waals surface area contributed by atoms with Crippen LogP contribution < -0.4 is 11.1 Å². The van der Waals surface area contributed by atoms with Crippen molar-refractivity contribution in [3.63, 3.8) is 0 Å². The zero-order chi connectivity index (χ0) is 14.7. The number of aryl methyl sites for hydroxylation is 2. The lowest BCUT2D eigenvalue weighted by Crippen LogP contribution is -2.24. The number of aliphatic carboxylic acids is 1. The average Bonchev–Trinajstić information content (AvgIpc) is 2.36. The molecule has 1 heterocycles. The van der Waals surface area contributed by atoms with Gasteiger partial charge in [-0.3, -0.25) is 9.59 Å². The normalized spacial score (nSPS) is 15.2. The summed E-state index contributed by atoms with van der Waals surface area (Å²) in [6.45, 7) is 1.74. The first-order valence-corrected chi connectivity index (χ1v) is 6.78. The number of carbonyl (C=O) groups excluding carboxylic acids is 1. The van der Waals surface area contributed by atoms with E-state index < -0.39 is 11.9 Å². The molecule has 1 unspecified atom stereocenters. The van der Waals surface area contributed by atoms with Gasteiger partial charge in [-0.1, -0.05) is 0 Å². The molecule has 0 saturated heterocycles. The second-order valence-corrected chi connectivity index (χ2v) is 5.20. The summed E-state index contributed by atoms with van der Waals surface area (Å²) in [5.74, 6) is -1.05. The minimum Gasteiger partial charge on any atom is -0.481 e. The van der Waals surface area contributed by atoms with Crippen molar-refractivity contribution in [2.24, 2.45) is 5.73 Å². The van der Waals surface area contributed by atoms with Crippen molar-refractivity contribution in [2.45, 2.75) is 45.1 Å². The quantitative estimate of drug-likeness (QED) is 0.753. The highest BCUT2D eigenvalue weighted by molar-refractivity contribution is 5.98. The Bertz CT molecular complexity index is 543. The zero-order valence-electron chi connectivity index (χ0n) is 11.5. The average molecular weight is 277 g/mol. The smallest absolute Gasteiger partial charge is 0.305 e. The molecule has 1 aromatic rings. The van der Waals surface area contributed by atoms with E-state index in [4.69, 9.17) is 10.8 Å². The van der Waals surface area contributed by atoms with Crippen LogP contribution >= 0.6 is 0 Å². The summed E-state index contributed by atoms with van der Waals surface area (Å²) in [5, 5.41) is 11.8. The number of hydrogen-bond donors (Lipinski definition) is 3. The molecule has 1 aromatic heterocycles. The molecule has 2 rings (SSSR count). The van der Waals surface area contributed by atoms with Gasteiger partial charge in [-0.05, 0) is 44.2 Å². The Kier molecular flexibility index (Phi) is 4.22. The van der Waals surface area contributed by atoms with Crippen molar-refractivity contribution in [1.29, 1.82) is 0 Å². The van der Waals surface area contributed by atoms with E-state index in [0.29, 0.717) is 11.4 Å². The lowest BCUT2D eigenvalue weighted by molar-refractivity contribution is -0.137. The number of rotatable bonds is 5. The summed E-state index contributed by atoms with van der Waals surface area (Å²) in [5.41, 5.74) is 7.77. The van der Waals surface area contributed by atoms with Crippen LogP contribution in [0.4, 0.5) is 5.82 Å². The number of anilines is 1. The fourth-order valence-corrected chi connectivity index (χ4v) is 2.48. The monoisotopic (exact) mass is 277 g/mol. The molecule has 1 amide bonds. The molecule has 4 N–H and O–H groups in total. The number of aromatic nitrogens is 1. The van der Waals surface area contributed by atoms with Crippen LogP contribution in [0.25, 0.3) is 0 Å². The number of fused-ring (bicyclic) bond motifs is 1. The molecular weight excluding hydrogens is 258 g/mol. The van der Waals surface area contributed by atoms with Crippen molar-refractivity contribution < 1.29 is 14.7 Å². The Balaban J connectivity index is 2.30. The SMILES string of the molecule is CC(CC(=O)O)Nc1nc2c(cc1C(N)=O)CCCC2. The minimum absolute atomic E-state index is 0.0447. The molecule has 0 aliphatic heterocycles. The highest BCUT2D eigenvalue weighted by atomic mass is 16.4. The molecule has 0 saturated carbocycles. The fraction of sp³-hybridized carbons (Fsp3) is 0.500. The lowest BCUT2D eigenvalue weighted by Gasteiger charge is -2.20. The van der Waals surface area contributed by atoms with Gasteiger partial charge in [-0.2, -0.15) is 0 Å². The summed E-state index contributed by atoms with van der Waals surface area (Å²) >= 11 is 0. The van der Waals surface area contributed by atoms with Crippen molar-refractivity contribution in [1.82, 2.24) is 4.98 Å². The number of carbonyl (C=O) groups is 2. The van der Waals surface area contributed by atoms with E-state index in [1.807, 2.05) is 0 Å². The number of amides is 1. The van der Waals surface area contributed by atoms with E-state index in [9.17, 15) is 9.59 Å². The third kappa shape index (κ3) is 3.26. The van der Waals surface area contributed by atoms with Gasteiger partial charge >= 0.3 is 5.97 Å². The number of pyridine rings is 1. The van der Waals surface area contributed by atoms with E-state index in [-0.39, 0.29) is 12.5 Å². The van der Waals surface area contributed by atoms with Crippen molar-refractivity contribution in [2.75, 3.05) is 5.32 Å². The molecule has 0 radical (unpaired) electrons. The van der Waals surface area contributed by atoms with Crippen LogP contribution in [0.1, 0.15) is 47.8 Å². The lowest BCUT2D eigenvalue weighted by atomic mass is 9.94. The first-order valence-electron chi connectivity index (χ1n) is 6.78. The Labute approximate surface area is 117 Å². The molecule has 0 fully saturated rings. The molecule has 108 valence electrons. The maximum absolute atomic E-state index is 11.5. The van der Waals surface area contributed by atoms with Crippen LogP contribution in [0.2, 0.25) is 0 Å². The number of carboxylic acids is 1. The molecule has 1 aliphatic rings. The van der Waals surface area contributed by atoms with E-state index in [0.717, 1.165) is 36.9 Å². The largest absolute Gasteiger partial charge is 0.481 e. The van der Waals surface area contributed by atoms with Gasteiger partial charge in [-0.15, -0.1) is 0 Å². The number of nitrogens with zero attached hydrogens (tertiary/aromatic N) is 1. The van der Waals surface area contributed by atoms with E-state index in [1.165, 1.54) is 0 Å². The van der Waals surface area contributed by atoms with Gasteiger partial charge in [0.15, 0.2) is 0 Å². The molecule has 6 nitrogen and oxygen atoms in total. The van der Waals surface area contributed by atoms with Gasteiger partial charge in [-0.25, -0.2) is 4.98 Å². The van der Waals surface area contributed by atoms with Gasteiger partial charge in [0.05, 0.1) is 12.0 Å². The van der Waals surface area contributed by atoms with Crippen LogP contribution in [0.5, 0.6) is 0 Å². The molecule has 20 heavy (non-hydrogen) atoms. The van der Waals surface area contributed by atoms with Crippen LogP contribution in [0.15, 0.2) is 6.07 Å². The van der Waals surface area contributed by atoms with Crippen LogP contribution in [0, 0.1) is 0 Å². The summed E-state index contributed by atoms with van der Waals surface area (Å²) in [7, 11) is 0. The number of carboxylic acid groups (broad SMARTS) is 1. The van der Waals surface area contributed by atoms with Gasteiger partial charge in [0, 0.05) is 11.7 Å². The molecule has 0 aromatic carbocycles. The summed E-state index contributed by atoms with van der Waals surface area (Å²) < 4.78 is 0. The molecule has 6 heteroatoms. The molecular formula is C14H19N3O3. The second kappa shape index (κ2) is 5.90. The van der Waals surface area contributed by atoms with Gasteiger partial charge < -0.3 is 16.2 Å². The number of primary amides is 1. The van der Waals surface area contributed by atoms with Crippen LogP contribution in [-0.4, -0.2) is 28.0 Å². The summed E-state index contributed by atoms with van der Waals surface area (Å²) in [6, 6.07) is 1.47. The number of hydrogen-bond acceptors (Lipinski definition) is 4. The van der Waals surface area contributed by atoms with E-state index >= 15 is 0 Å². The topological polar surface area (TPSA) is 105 Å². The molecule has 0 bridgehead atoms. The predicted molar refractivity (Wildman–Crippen MR) is 74.7 cm³/mol. The Hall–Kier alpha value is -2.11. The van der Waals surface area contributed by atoms with E-state index in [1.54, 1.807) is 13.0 Å².